The topological polar surface area (TPSA) is 69.7 Å². The molecule has 1 atom stereocenters. The van der Waals surface area contributed by atoms with Gasteiger partial charge < -0.3 is 10.2 Å². The van der Waals surface area contributed by atoms with Gasteiger partial charge in [0.25, 0.3) is 0 Å². The molecule has 22 heavy (non-hydrogen) atoms. The van der Waals surface area contributed by atoms with Gasteiger partial charge in [0.15, 0.2) is 0 Å². The van der Waals surface area contributed by atoms with E-state index in [9.17, 15) is 13.2 Å². The van der Waals surface area contributed by atoms with E-state index >= 15 is 0 Å². The number of rotatable bonds is 3. The Kier molecular flexibility index (Phi) is 5.31. The number of nitrogens with zero attached hydrogens (tertiary/aromatic N) is 2. The zero-order valence-corrected chi connectivity index (χ0v) is 14.2. The van der Waals surface area contributed by atoms with Crippen LogP contribution in [-0.2, 0) is 10.0 Å². The summed E-state index contributed by atoms with van der Waals surface area (Å²) in [6.07, 6.45) is 1.19. The molecule has 1 aromatic rings. The maximum Gasteiger partial charge on any atom is 0.317 e. The molecule has 0 saturated carbocycles. The molecule has 1 N–H and O–H groups in total. The number of carbonyl (C=O) groups is 1. The number of halogens is 1. The van der Waals surface area contributed by atoms with Crippen molar-refractivity contribution in [2.75, 3.05) is 32.4 Å². The Balaban J connectivity index is 1.89. The van der Waals surface area contributed by atoms with Crippen molar-refractivity contribution in [2.24, 2.45) is 0 Å². The van der Waals surface area contributed by atoms with Gasteiger partial charge in [0.1, 0.15) is 0 Å². The molecule has 1 heterocycles. The molecular weight excluding hydrogens is 326 g/mol. The molecule has 0 aromatic heterocycles. The maximum atomic E-state index is 12.2. The van der Waals surface area contributed by atoms with Crippen molar-refractivity contribution < 1.29 is 13.2 Å². The van der Waals surface area contributed by atoms with E-state index in [-0.39, 0.29) is 12.1 Å². The van der Waals surface area contributed by atoms with E-state index in [4.69, 9.17) is 11.6 Å². The van der Waals surface area contributed by atoms with E-state index < -0.39 is 10.0 Å². The zero-order chi connectivity index (χ0) is 16.3. The van der Waals surface area contributed by atoms with Gasteiger partial charge in [-0.3, -0.25) is 0 Å². The molecule has 1 aliphatic rings. The zero-order valence-electron chi connectivity index (χ0n) is 12.6. The minimum atomic E-state index is -3.18. The Bertz CT molecular complexity index is 625. The molecule has 2 rings (SSSR count). The fourth-order valence-corrected chi connectivity index (χ4v) is 3.29. The van der Waals surface area contributed by atoms with E-state index in [0.29, 0.717) is 31.2 Å². The van der Waals surface area contributed by atoms with Crippen LogP contribution in [0, 0.1) is 0 Å². The number of carbonyl (C=O) groups excluding carboxylic acids is 1. The van der Waals surface area contributed by atoms with E-state index in [0.717, 1.165) is 5.56 Å². The van der Waals surface area contributed by atoms with Crippen LogP contribution in [0.15, 0.2) is 24.3 Å². The highest BCUT2D eigenvalue weighted by atomic mass is 35.5. The third-order valence-corrected chi connectivity index (χ3v) is 5.26. The van der Waals surface area contributed by atoms with Crippen molar-refractivity contribution >= 4 is 27.7 Å². The molecule has 2 amide bonds. The Morgan fingerprint density at radius 2 is 1.73 bits per heavy atom. The summed E-state index contributed by atoms with van der Waals surface area (Å²) >= 11 is 5.84. The molecule has 0 aliphatic carbocycles. The molecule has 1 aliphatic heterocycles. The van der Waals surface area contributed by atoms with Gasteiger partial charge in [-0.2, -0.15) is 4.31 Å². The molecule has 0 bridgehead atoms. The highest BCUT2D eigenvalue weighted by Crippen LogP contribution is 2.16. The molecule has 0 unspecified atom stereocenters. The van der Waals surface area contributed by atoms with Crippen LogP contribution in [0.3, 0.4) is 0 Å². The number of urea groups is 1. The SMILES string of the molecule is C[C@@H](NC(=O)N1CCN(S(C)(=O)=O)CC1)c1ccc(Cl)cc1. The average Bonchev–Trinajstić information content (AvgIpc) is 2.47. The molecule has 1 fully saturated rings. The number of benzene rings is 1. The first-order valence-electron chi connectivity index (χ1n) is 7.03. The van der Waals surface area contributed by atoms with Crippen molar-refractivity contribution in [1.82, 2.24) is 14.5 Å². The molecule has 8 heteroatoms. The summed E-state index contributed by atoms with van der Waals surface area (Å²) in [5.74, 6) is 0. The molecule has 1 saturated heterocycles. The van der Waals surface area contributed by atoms with Gasteiger partial charge in [0, 0.05) is 31.2 Å². The lowest BCUT2D eigenvalue weighted by Gasteiger charge is -2.34. The second-order valence-corrected chi connectivity index (χ2v) is 7.79. The number of amides is 2. The predicted molar refractivity (Wildman–Crippen MR) is 86.4 cm³/mol. The highest BCUT2D eigenvalue weighted by Gasteiger charge is 2.26. The number of hydrogen-bond donors (Lipinski definition) is 1. The van der Waals surface area contributed by atoms with Crippen LogP contribution in [0.5, 0.6) is 0 Å². The van der Waals surface area contributed by atoms with Gasteiger partial charge in [-0.05, 0) is 24.6 Å². The summed E-state index contributed by atoms with van der Waals surface area (Å²) < 4.78 is 24.3. The van der Waals surface area contributed by atoms with Gasteiger partial charge in [-0.15, -0.1) is 0 Å². The van der Waals surface area contributed by atoms with Crippen LogP contribution in [0.25, 0.3) is 0 Å². The summed E-state index contributed by atoms with van der Waals surface area (Å²) in [4.78, 5) is 13.9. The molecular formula is C14H20ClN3O3S. The first kappa shape index (κ1) is 17.1. The second kappa shape index (κ2) is 6.85. The molecule has 1 aromatic carbocycles. The summed E-state index contributed by atoms with van der Waals surface area (Å²) in [6, 6.07) is 6.98. The summed E-state index contributed by atoms with van der Waals surface area (Å²) in [7, 11) is -3.18. The van der Waals surface area contributed by atoms with Crippen LogP contribution in [0.4, 0.5) is 4.79 Å². The Hall–Kier alpha value is -1.31. The van der Waals surface area contributed by atoms with Crippen LogP contribution in [0.2, 0.25) is 5.02 Å². The Morgan fingerprint density at radius 3 is 2.23 bits per heavy atom. The maximum absolute atomic E-state index is 12.2. The summed E-state index contributed by atoms with van der Waals surface area (Å²) in [6.45, 7) is 3.36. The van der Waals surface area contributed by atoms with E-state index in [2.05, 4.69) is 5.32 Å². The number of nitrogens with one attached hydrogen (secondary N) is 1. The Labute approximate surface area is 136 Å². The minimum Gasteiger partial charge on any atom is -0.331 e. The first-order chi connectivity index (χ1) is 10.3. The predicted octanol–water partition coefficient (Wildman–Crippen LogP) is 1.69. The average molecular weight is 346 g/mol. The standard InChI is InChI=1S/C14H20ClN3O3S/c1-11(12-3-5-13(15)6-4-12)16-14(19)17-7-9-18(10-8-17)22(2,20)21/h3-6,11H,7-10H2,1-2H3,(H,16,19)/t11-/m1/s1. The van der Waals surface area contributed by atoms with Crippen LogP contribution in [0.1, 0.15) is 18.5 Å². The van der Waals surface area contributed by atoms with Crippen molar-refractivity contribution in [3.63, 3.8) is 0 Å². The fourth-order valence-electron chi connectivity index (χ4n) is 2.33. The van der Waals surface area contributed by atoms with Crippen LogP contribution in [-0.4, -0.2) is 56.1 Å². The van der Waals surface area contributed by atoms with Gasteiger partial charge >= 0.3 is 6.03 Å². The Morgan fingerprint density at radius 1 is 1.18 bits per heavy atom. The summed E-state index contributed by atoms with van der Waals surface area (Å²) in [5.41, 5.74) is 0.965. The van der Waals surface area contributed by atoms with Gasteiger partial charge in [0.05, 0.1) is 12.3 Å². The van der Waals surface area contributed by atoms with Crippen molar-refractivity contribution in [2.45, 2.75) is 13.0 Å². The molecule has 6 nitrogen and oxygen atoms in total. The van der Waals surface area contributed by atoms with Crippen molar-refractivity contribution in [3.8, 4) is 0 Å². The fraction of sp³-hybridized carbons (Fsp3) is 0.500. The van der Waals surface area contributed by atoms with Gasteiger partial charge in [-0.1, -0.05) is 23.7 Å². The third-order valence-electron chi connectivity index (χ3n) is 3.70. The van der Waals surface area contributed by atoms with Crippen LogP contribution >= 0.6 is 11.6 Å². The smallest absolute Gasteiger partial charge is 0.317 e. The lowest BCUT2D eigenvalue weighted by molar-refractivity contribution is 0.170. The monoisotopic (exact) mass is 345 g/mol. The lowest BCUT2D eigenvalue weighted by Crippen LogP contribution is -2.53. The van der Waals surface area contributed by atoms with Crippen LogP contribution < -0.4 is 5.32 Å². The number of piperazine rings is 1. The van der Waals surface area contributed by atoms with Crippen molar-refractivity contribution in [3.05, 3.63) is 34.9 Å². The van der Waals surface area contributed by atoms with Gasteiger partial charge in [-0.25, -0.2) is 13.2 Å². The second-order valence-electron chi connectivity index (χ2n) is 5.37. The molecule has 0 radical (unpaired) electrons. The highest BCUT2D eigenvalue weighted by molar-refractivity contribution is 7.88. The quantitative estimate of drug-likeness (QED) is 0.906. The third kappa shape index (κ3) is 4.34. The van der Waals surface area contributed by atoms with E-state index in [1.807, 2.05) is 19.1 Å². The molecule has 122 valence electrons. The lowest BCUT2D eigenvalue weighted by atomic mass is 10.1. The first-order valence-corrected chi connectivity index (χ1v) is 9.26. The number of sulfonamides is 1. The van der Waals surface area contributed by atoms with E-state index in [1.165, 1.54) is 10.6 Å². The number of hydrogen-bond acceptors (Lipinski definition) is 3. The normalized spacial score (nSPS) is 18.0. The summed E-state index contributed by atoms with van der Waals surface area (Å²) in [5, 5.41) is 3.57. The van der Waals surface area contributed by atoms with Crippen molar-refractivity contribution in [1.29, 1.82) is 0 Å². The largest absolute Gasteiger partial charge is 0.331 e. The van der Waals surface area contributed by atoms with Gasteiger partial charge in [0.2, 0.25) is 10.0 Å². The minimum absolute atomic E-state index is 0.141. The van der Waals surface area contributed by atoms with E-state index in [1.54, 1.807) is 17.0 Å². The molecule has 0 spiro atoms.